The molecule has 5 nitrogen and oxygen atoms in total. The van der Waals surface area contributed by atoms with Crippen molar-refractivity contribution in [2.24, 2.45) is 0 Å². The predicted octanol–water partition coefficient (Wildman–Crippen LogP) is 1.57. The zero-order chi connectivity index (χ0) is 11.5. The summed E-state index contributed by atoms with van der Waals surface area (Å²) in [5.41, 5.74) is 0.842. The van der Waals surface area contributed by atoms with E-state index in [1.165, 1.54) is 12.3 Å². The number of rotatable bonds is 3. The van der Waals surface area contributed by atoms with E-state index in [1.807, 2.05) is 0 Å². The molecule has 1 heterocycles. The fraction of sp³-hybridized carbons (Fsp3) is 0.182. The molecule has 1 aromatic carbocycles. The highest BCUT2D eigenvalue weighted by molar-refractivity contribution is 6.40. The van der Waals surface area contributed by atoms with Gasteiger partial charge < -0.3 is 9.26 Å². The van der Waals surface area contributed by atoms with Gasteiger partial charge in [-0.15, -0.1) is 0 Å². The lowest BCUT2D eigenvalue weighted by molar-refractivity contribution is -0.137. The third-order valence-corrected chi connectivity index (χ3v) is 2.08. The Kier molecular flexibility index (Phi) is 2.68. The third kappa shape index (κ3) is 1.79. The number of aromatic nitrogens is 1. The topological polar surface area (TPSA) is 69.4 Å². The van der Waals surface area contributed by atoms with Gasteiger partial charge in [0, 0.05) is 10.9 Å². The second-order valence-electron chi connectivity index (χ2n) is 3.13. The number of benzene rings is 1. The molecule has 0 unspecified atom stereocenters. The minimum atomic E-state index is -0.849. The van der Waals surface area contributed by atoms with E-state index in [0.29, 0.717) is 11.0 Å². The Morgan fingerprint density at radius 1 is 1.44 bits per heavy atom. The first-order valence-electron chi connectivity index (χ1n) is 4.78. The molecule has 0 aliphatic rings. The minimum absolute atomic E-state index is 0.181. The summed E-state index contributed by atoms with van der Waals surface area (Å²) < 4.78 is 9.51. The molecular formula is C11H9NO4. The van der Waals surface area contributed by atoms with Crippen molar-refractivity contribution in [3.05, 3.63) is 30.0 Å². The Labute approximate surface area is 91.0 Å². The van der Waals surface area contributed by atoms with Gasteiger partial charge in [0.05, 0.1) is 12.8 Å². The molecular weight excluding hydrogens is 210 g/mol. The summed E-state index contributed by atoms with van der Waals surface area (Å²) in [7, 11) is 0. The number of ether oxygens (including phenoxy) is 1. The van der Waals surface area contributed by atoms with Crippen molar-refractivity contribution in [1.82, 2.24) is 5.16 Å². The number of hydrogen-bond donors (Lipinski definition) is 0. The first kappa shape index (κ1) is 10.4. The second kappa shape index (κ2) is 4.14. The van der Waals surface area contributed by atoms with Crippen LogP contribution in [0.5, 0.6) is 0 Å². The van der Waals surface area contributed by atoms with Crippen LogP contribution >= 0.6 is 0 Å². The molecule has 0 bridgehead atoms. The van der Waals surface area contributed by atoms with Gasteiger partial charge in [-0.25, -0.2) is 4.79 Å². The number of hydrogen-bond acceptors (Lipinski definition) is 5. The molecule has 2 rings (SSSR count). The maximum Gasteiger partial charge on any atom is 0.379 e. The smallest absolute Gasteiger partial charge is 0.379 e. The second-order valence-corrected chi connectivity index (χ2v) is 3.13. The summed E-state index contributed by atoms with van der Waals surface area (Å²) >= 11 is 0. The molecule has 0 saturated heterocycles. The molecule has 0 spiro atoms. The summed E-state index contributed by atoms with van der Waals surface area (Å²) in [5.74, 6) is -1.51. The van der Waals surface area contributed by atoms with E-state index in [2.05, 4.69) is 9.89 Å². The van der Waals surface area contributed by atoms with E-state index in [0.717, 1.165) is 0 Å². The number of Topliss-reactive ketones (excluding diaryl/α,β-unsaturated/α-hetero) is 1. The van der Waals surface area contributed by atoms with Crippen LogP contribution in [-0.2, 0) is 9.53 Å². The van der Waals surface area contributed by atoms with Crippen LogP contribution in [0.15, 0.2) is 28.9 Å². The van der Waals surface area contributed by atoms with Gasteiger partial charge in [0.15, 0.2) is 5.58 Å². The average molecular weight is 219 g/mol. The molecule has 16 heavy (non-hydrogen) atoms. The zero-order valence-corrected chi connectivity index (χ0v) is 8.60. The lowest BCUT2D eigenvalue weighted by Gasteiger charge is -2.00. The Bertz CT molecular complexity index is 544. The maximum atomic E-state index is 11.6. The summed E-state index contributed by atoms with van der Waals surface area (Å²) in [5, 5.41) is 4.26. The molecule has 0 N–H and O–H groups in total. The Balaban J connectivity index is 2.32. The SMILES string of the molecule is CCOC(=O)C(=O)c1ccc2oncc2c1. The molecule has 0 atom stereocenters. The van der Waals surface area contributed by atoms with Gasteiger partial charge in [0.25, 0.3) is 5.78 Å². The Morgan fingerprint density at radius 3 is 3.00 bits per heavy atom. The van der Waals surface area contributed by atoms with Crippen LogP contribution in [0.1, 0.15) is 17.3 Å². The van der Waals surface area contributed by atoms with Crippen LogP contribution < -0.4 is 0 Å². The average Bonchev–Trinajstić information content (AvgIpc) is 2.75. The third-order valence-electron chi connectivity index (χ3n) is 2.08. The number of fused-ring (bicyclic) bond motifs is 1. The quantitative estimate of drug-likeness (QED) is 0.445. The molecule has 82 valence electrons. The van der Waals surface area contributed by atoms with Crippen LogP contribution in [0.25, 0.3) is 11.0 Å². The van der Waals surface area contributed by atoms with Crippen LogP contribution in [-0.4, -0.2) is 23.5 Å². The number of nitrogens with zero attached hydrogens (tertiary/aromatic N) is 1. The van der Waals surface area contributed by atoms with E-state index in [4.69, 9.17) is 4.52 Å². The van der Waals surface area contributed by atoms with Gasteiger partial charge in [0.1, 0.15) is 0 Å². The van der Waals surface area contributed by atoms with Crippen molar-refractivity contribution in [1.29, 1.82) is 0 Å². The summed E-state index contributed by atoms with van der Waals surface area (Å²) in [6, 6.07) is 4.65. The van der Waals surface area contributed by atoms with E-state index in [1.54, 1.807) is 19.1 Å². The van der Waals surface area contributed by atoms with E-state index in [-0.39, 0.29) is 12.2 Å². The maximum absolute atomic E-state index is 11.6. The molecule has 0 aliphatic heterocycles. The van der Waals surface area contributed by atoms with Gasteiger partial charge in [-0.2, -0.15) is 0 Å². The molecule has 0 saturated carbocycles. The molecule has 0 fully saturated rings. The van der Waals surface area contributed by atoms with Crippen LogP contribution in [0.3, 0.4) is 0 Å². The fourth-order valence-electron chi connectivity index (χ4n) is 1.33. The fourth-order valence-corrected chi connectivity index (χ4v) is 1.33. The number of carbonyl (C=O) groups is 2. The highest BCUT2D eigenvalue weighted by atomic mass is 16.5. The number of esters is 1. The van der Waals surface area contributed by atoms with Crippen molar-refractivity contribution in [3.63, 3.8) is 0 Å². The Morgan fingerprint density at radius 2 is 2.25 bits per heavy atom. The van der Waals surface area contributed by atoms with Crippen molar-refractivity contribution in [2.75, 3.05) is 6.61 Å². The zero-order valence-electron chi connectivity index (χ0n) is 8.60. The molecule has 0 amide bonds. The molecule has 2 aromatic rings. The van der Waals surface area contributed by atoms with Gasteiger partial charge in [0.2, 0.25) is 0 Å². The lowest BCUT2D eigenvalue weighted by Crippen LogP contribution is -2.17. The standard InChI is InChI=1S/C11H9NO4/c1-2-15-11(14)10(13)7-3-4-9-8(5-7)6-12-16-9/h3-6H,2H2,1H3. The lowest BCUT2D eigenvalue weighted by atomic mass is 10.1. The van der Waals surface area contributed by atoms with E-state index in [9.17, 15) is 9.59 Å². The summed E-state index contributed by atoms with van der Waals surface area (Å²) in [6.45, 7) is 1.83. The van der Waals surface area contributed by atoms with E-state index >= 15 is 0 Å². The van der Waals surface area contributed by atoms with Gasteiger partial charge in [-0.3, -0.25) is 4.79 Å². The monoisotopic (exact) mass is 219 g/mol. The van der Waals surface area contributed by atoms with Crippen LogP contribution in [0, 0.1) is 0 Å². The van der Waals surface area contributed by atoms with Crippen LogP contribution in [0.2, 0.25) is 0 Å². The molecule has 0 aliphatic carbocycles. The van der Waals surface area contributed by atoms with Crippen LogP contribution in [0.4, 0.5) is 0 Å². The predicted molar refractivity (Wildman–Crippen MR) is 55.0 cm³/mol. The molecule has 5 heteroatoms. The largest absolute Gasteiger partial charge is 0.460 e. The normalized spacial score (nSPS) is 10.3. The van der Waals surface area contributed by atoms with Crippen molar-refractivity contribution in [3.8, 4) is 0 Å². The first-order valence-corrected chi connectivity index (χ1v) is 4.78. The highest BCUT2D eigenvalue weighted by Crippen LogP contribution is 2.15. The van der Waals surface area contributed by atoms with Gasteiger partial charge >= 0.3 is 5.97 Å². The number of carbonyl (C=O) groups excluding carboxylic acids is 2. The van der Waals surface area contributed by atoms with E-state index < -0.39 is 11.8 Å². The molecule has 0 radical (unpaired) electrons. The van der Waals surface area contributed by atoms with Crippen molar-refractivity contribution >= 4 is 22.7 Å². The summed E-state index contributed by atoms with van der Waals surface area (Å²) in [6.07, 6.45) is 1.48. The summed E-state index contributed by atoms with van der Waals surface area (Å²) in [4.78, 5) is 22.8. The highest BCUT2D eigenvalue weighted by Gasteiger charge is 2.17. The Hall–Kier alpha value is -2.17. The van der Waals surface area contributed by atoms with Crippen molar-refractivity contribution < 1.29 is 18.8 Å². The minimum Gasteiger partial charge on any atom is -0.460 e. The van der Waals surface area contributed by atoms with Gasteiger partial charge in [-0.1, -0.05) is 5.16 Å². The van der Waals surface area contributed by atoms with Gasteiger partial charge in [-0.05, 0) is 25.1 Å². The number of ketones is 1. The first-order chi connectivity index (χ1) is 7.72. The molecule has 1 aromatic heterocycles. The van der Waals surface area contributed by atoms with Crippen molar-refractivity contribution in [2.45, 2.75) is 6.92 Å².